The molecular weight excluding hydrogens is 228 g/mol. The predicted octanol–water partition coefficient (Wildman–Crippen LogP) is 1.31. The maximum atomic E-state index is 12.2. The highest BCUT2D eigenvalue weighted by molar-refractivity contribution is 5.42. The van der Waals surface area contributed by atoms with Gasteiger partial charge in [0.2, 0.25) is 0 Å². The van der Waals surface area contributed by atoms with Crippen LogP contribution in [0.2, 0.25) is 0 Å². The molecule has 0 aliphatic heterocycles. The van der Waals surface area contributed by atoms with Gasteiger partial charge in [0, 0.05) is 0 Å². The van der Waals surface area contributed by atoms with Crippen LogP contribution < -0.4 is 10.1 Å². The lowest BCUT2D eigenvalue weighted by molar-refractivity contribution is -0.838. The Labute approximate surface area is 109 Å². The highest BCUT2D eigenvalue weighted by Gasteiger charge is 2.24. The molecule has 0 heterocycles. The minimum Gasteiger partial charge on any atom is -0.628 e. The van der Waals surface area contributed by atoms with Gasteiger partial charge in [-0.3, -0.25) is 0 Å². The Morgan fingerprint density at radius 3 is 1.39 bits per heavy atom. The second-order valence-corrected chi connectivity index (χ2v) is 6.74. The first kappa shape index (κ1) is 15.1. The van der Waals surface area contributed by atoms with Crippen molar-refractivity contribution in [2.24, 2.45) is 0 Å². The molecule has 2 unspecified atom stereocenters. The van der Waals surface area contributed by atoms with E-state index in [-0.39, 0.29) is 10.1 Å². The molecule has 0 aliphatic rings. The van der Waals surface area contributed by atoms with Gasteiger partial charge >= 0.3 is 0 Å². The molecule has 0 fully saturated rings. The van der Waals surface area contributed by atoms with E-state index in [2.05, 4.69) is 0 Å². The minimum atomic E-state index is -0.427. The van der Waals surface area contributed by atoms with Crippen molar-refractivity contribution in [3.8, 4) is 0 Å². The number of quaternary nitrogens is 2. The Morgan fingerprint density at radius 2 is 1.11 bits per heavy atom. The fourth-order valence-corrected chi connectivity index (χ4v) is 1.67. The van der Waals surface area contributed by atoms with Crippen LogP contribution in [0.5, 0.6) is 0 Å². The summed E-state index contributed by atoms with van der Waals surface area (Å²) in [5.41, 5.74) is 0.363. The molecule has 1 rings (SSSR count). The molecule has 0 aliphatic carbocycles. The van der Waals surface area contributed by atoms with Gasteiger partial charge in [0.05, 0.1) is 17.1 Å². The first-order valence-electron chi connectivity index (χ1n) is 6.23. The summed E-state index contributed by atoms with van der Waals surface area (Å²) in [5.74, 6) is 0. The Hall–Kier alpha value is -0.940. The van der Waals surface area contributed by atoms with Crippen molar-refractivity contribution in [1.29, 1.82) is 0 Å². The van der Waals surface area contributed by atoms with Crippen molar-refractivity contribution in [1.82, 2.24) is 0 Å². The Bertz CT molecular complexity index is 370. The van der Waals surface area contributed by atoms with Gasteiger partial charge in [0.25, 0.3) is 0 Å². The summed E-state index contributed by atoms with van der Waals surface area (Å²) in [7, 11) is 0. The van der Waals surface area contributed by atoms with Gasteiger partial charge in [-0.25, -0.2) is 0 Å². The average molecular weight is 252 g/mol. The van der Waals surface area contributed by atoms with E-state index in [4.69, 9.17) is 0 Å². The molecule has 4 nitrogen and oxygen atoms in total. The number of hydrogen-bond donors (Lipinski definition) is 2. The van der Waals surface area contributed by atoms with Crippen LogP contribution in [0.1, 0.15) is 41.5 Å². The van der Waals surface area contributed by atoms with Crippen molar-refractivity contribution in [3.05, 3.63) is 34.7 Å². The highest BCUT2D eigenvalue weighted by Crippen LogP contribution is 2.12. The lowest BCUT2D eigenvalue weighted by Gasteiger charge is -2.37. The number of nitrogens with one attached hydrogen (secondary N) is 2. The van der Waals surface area contributed by atoms with Gasteiger partial charge in [-0.05, 0) is 53.7 Å². The van der Waals surface area contributed by atoms with Crippen LogP contribution in [0.3, 0.4) is 0 Å². The lowest BCUT2D eigenvalue weighted by atomic mass is 10.1. The van der Waals surface area contributed by atoms with Gasteiger partial charge in [-0.15, -0.1) is 0 Å². The molecule has 0 spiro atoms. The van der Waals surface area contributed by atoms with Crippen molar-refractivity contribution in [2.75, 3.05) is 0 Å². The second-order valence-electron chi connectivity index (χ2n) is 6.74. The zero-order valence-electron chi connectivity index (χ0n) is 12.1. The Kier molecular flexibility index (Phi) is 4.18. The number of rotatable bonds is 2. The third kappa shape index (κ3) is 3.53. The standard InChI is InChI=1S/C14H24N2O2/c1-13(2,3)15(17)11-8-7-9-12(10-11)16(18)14(4,5)6/h7-10,15-16H,1-6H3. The zero-order chi connectivity index (χ0) is 14.1. The first-order chi connectivity index (χ1) is 8.03. The summed E-state index contributed by atoms with van der Waals surface area (Å²) in [6.07, 6.45) is 0. The summed E-state index contributed by atoms with van der Waals surface area (Å²) >= 11 is 0. The van der Waals surface area contributed by atoms with Gasteiger partial charge < -0.3 is 20.5 Å². The molecule has 4 heteroatoms. The Morgan fingerprint density at radius 1 is 0.778 bits per heavy atom. The lowest BCUT2D eigenvalue weighted by Crippen LogP contribution is -3.11. The van der Waals surface area contributed by atoms with Crippen LogP contribution in [0.25, 0.3) is 0 Å². The molecule has 1 aromatic carbocycles. The number of hydroxylamine groups is 2. The molecule has 0 aromatic heterocycles. The maximum absolute atomic E-state index is 12.2. The van der Waals surface area contributed by atoms with Crippen LogP contribution in [-0.2, 0) is 0 Å². The zero-order valence-corrected chi connectivity index (χ0v) is 12.1. The second kappa shape index (κ2) is 4.97. The highest BCUT2D eigenvalue weighted by atomic mass is 16.5. The van der Waals surface area contributed by atoms with Crippen molar-refractivity contribution in [3.63, 3.8) is 0 Å². The Balaban J connectivity index is 3.07. The summed E-state index contributed by atoms with van der Waals surface area (Å²) < 4.78 is 0. The monoisotopic (exact) mass is 252 g/mol. The molecule has 1 aromatic rings. The molecule has 0 radical (unpaired) electrons. The van der Waals surface area contributed by atoms with Crippen LogP contribution in [0.15, 0.2) is 24.3 Å². The molecule has 0 saturated heterocycles. The van der Waals surface area contributed by atoms with Gasteiger partial charge in [0.15, 0.2) is 0 Å². The fourth-order valence-electron chi connectivity index (χ4n) is 1.67. The number of benzene rings is 1. The molecule has 0 amide bonds. The van der Waals surface area contributed by atoms with Crippen LogP contribution in [0, 0.1) is 10.4 Å². The van der Waals surface area contributed by atoms with E-state index < -0.39 is 11.1 Å². The van der Waals surface area contributed by atoms with Crippen LogP contribution >= 0.6 is 0 Å². The van der Waals surface area contributed by atoms with E-state index >= 15 is 0 Å². The maximum Gasteiger partial charge on any atom is 0.137 e. The van der Waals surface area contributed by atoms with E-state index in [0.717, 1.165) is 0 Å². The van der Waals surface area contributed by atoms with E-state index in [0.29, 0.717) is 11.4 Å². The third-order valence-electron chi connectivity index (χ3n) is 2.75. The van der Waals surface area contributed by atoms with Gasteiger partial charge in [0.1, 0.15) is 11.4 Å². The normalized spacial score (nSPS) is 16.4. The summed E-state index contributed by atoms with van der Waals surface area (Å²) in [5, 5.41) is 24.5. The topological polar surface area (TPSA) is 55.0 Å². The average Bonchev–Trinajstić information content (AvgIpc) is 2.24. The van der Waals surface area contributed by atoms with Crippen molar-refractivity contribution >= 4 is 11.4 Å². The molecule has 2 atom stereocenters. The molecule has 18 heavy (non-hydrogen) atoms. The molecule has 102 valence electrons. The molecule has 2 N–H and O–H groups in total. The van der Waals surface area contributed by atoms with E-state index in [9.17, 15) is 10.4 Å². The van der Waals surface area contributed by atoms with Crippen molar-refractivity contribution < 1.29 is 10.1 Å². The summed E-state index contributed by atoms with van der Waals surface area (Å²) in [4.78, 5) is 0. The van der Waals surface area contributed by atoms with Crippen molar-refractivity contribution in [2.45, 2.75) is 52.6 Å². The predicted molar refractivity (Wildman–Crippen MR) is 73.9 cm³/mol. The van der Waals surface area contributed by atoms with E-state index in [1.54, 1.807) is 24.3 Å². The SMILES string of the molecule is CC(C)(C)[NH+]([O-])c1cccc([NH+]([O-])C(C)(C)C)c1. The number of hydrogen-bond acceptors (Lipinski definition) is 2. The summed E-state index contributed by atoms with van der Waals surface area (Å²) in [6, 6.07) is 7.03. The summed E-state index contributed by atoms with van der Waals surface area (Å²) in [6.45, 7) is 11.3. The van der Waals surface area contributed by atoms with E-state index in [1.807, 2.05) is 41.5 Å². The molecular formula is C14H24N2O2. The molecule has 0 saturated carbocycles. The smallest absolute Gasteiger partial charge is 0.137 e. The van der Waals surface area contributed by atoms with Gasteiger partial charge in [-0.1, -0.05) is 6.07 Å². The quantitative estimate of drug-likeness (QED) is 0.780. The van der Waals surface area contributed by atoms with Gasteiger partial charge in [-0.2, -0.15) is 0 Å². The minimum absolute atomic E-state index is 0.0612. The fraction of sp³-hybridized carbons (Fsp3) is 0.571. The van der Waals surface area contributed by atoms with E-state index in [1.165, 1.54) is 0 Å². The first-order valence-corrected chi connectivity index (χ1v) is 6.23. The molecule has 0 bridgehead atoms. The third-order valence-corrected chi connectivity index (χ3v) is 2.75. The largest absolute Gasteiger partial charge is 0.628 e. The van der Waals surface area contributed by atoms with Crippen LogP contribution in [0.4, 0.5) is 11.4 Å². The van der Waals surface area contributed by atoms with Crippen LogP contribution in [-0.4, -0.2) is 11.1 Å².